The molecule has 0 saturated carbocycles. The molecule has 30 heavy (non-hydrogen) atoms. The Morgan fingerprint density at radius 2 is 1.03 bits per heavy atom. The average Bonchev–Trinajstić information content (AvgIpc) is 2.77. The van der Waals surface area contributed by atoms with E-state index in [1.165, 1.54) is 11.4 Å². The molecule has 0 atom stereocenters. The van der Waals surface area contributed by atoms with Gasteiger partial charge in [-0.05, 0) is 63.1 Å². The number of amides is 2. The van der Waals surface area contributed by atoms with Crippen LogP contribution < -0.4 is 20.7 Å². The normalized spacial score (nSPS) is 11.1. The van der Waals surface area contributed by atoms with Crippen molar-refractivity contribution in [2.45, 2.75) is 27.7 Å². The Morgan fingerprint density at radius 3 is 1.33 bits per heavy atom. The van der Waals surface area contributed by atoms with E-state index in [1.807, 2.05) is 48.5 Å². The molecule has 0 bridgehead atoms. The van der Waals surface area contributed by atoms with Gasteiger partial charge in [0.05, 0.1) is 12.4 Å². The second kappa shape index (κ2) is 12.3. The van der Waals surface area contributed by atoms with Gasteiger partial charge in [0.25, 0.3) is 0 Å². The number of nitrogens with one attached hydrogen (secondary N) is 2. The number of anilines is 2. The van der Waals surface area contributed by atoms with Crippen LogP contribution in [0.2, 0.25) is 0 Å². The van der Waals surface area contributed by atoms with Gasteiger partial charge in [-0.2, -0.15) is 10.2 Å². The second-order valence-corrected chi connectivity index (χ2v) is 6.60. The van der Waals surface area contributed by atoms with Gasteiger partial charge in [-0.15, -0.1) is 0 Å². The van der Waals surface area contributed by atoms with Crippen molar-refractivity contribution >= 4 is 29.8 Å². The third-order valence-corrected chi connectivity index (χ3v) is 4.80. The monoisotopic (exact) mass is 408 g/mol. The highest BCUT2D eigenvalue weighted by Crippen LogP contribution is 2.14. The summed E-state index contributed by atoms with van der Waals surface area (Å²) in [5.41, 5.74) is 8.96. The van der Waals surface area contributed by atoms with Crippen LogP contribution in [0.1, 0.15) is 38.8 Å². The van der Waals surface area contributed by atoms with E-state index in [-0.39, 0.29) is 0 Å². The lowest BCUT2D eigenvalue weighted by atomic mass is 10.2. The second-order valence-electron chi connectivity index (χ2n) is 6.60. The summed E-state index contributed by atoms with van der Waals surface area (Å²) in [5.74, 6) is 0. The molecule has 7 nitrogen and oxygen atoms in total. The number of carbonyl (C=O) groups is 1. The van der Waals surface area contributed by atoms with E-state index >= 15 is 0 Å². The summed E-state index contributed by atoms with van der Waals surface area (Å²) in [5, 5.41) is 7.90. The summed E-state index contributed by atoms with van der Waals surface area (Å²) in [6.45, 7) is 12.4. The van der Waals surface area contributed by atoms with Gasteiger partial charge in [0.2, 0.25) is 0 Å². The van der Waals surface area contributed by atoms with Crippen LogP contribution in [0.3, 0.4) is 0 Å². The number of hydrogen-bond donors (Lipinski definition) is 2. The third-order valence-electron chi connectivity index (χ3n) is 4.80. The fourth-order valence-electron chi connectivity index (χ4n) is 3.08. The molecule has 0 spiro atoms. The minimum absolute atomic E-state index is 0.498. The van der Waals surface area contributed by atoms with Crippen molar-refractivity contribution < 1.29 is 4.79 Å². The largest absolute Gasteiger partial charge is 0.372 e. The zero-order valence-corrected chi connectivity index (χ0v) is 18.3. The first-order valence-corrected chi connectivity index (χ1v) is 10.4. The third kappa shape index (κ3) is 6.92. The Hall–Kier alpha value is -3.35. The lowest BCUT2D eigenvalue weighted by molar-refractivity contribution is 0.242. The van der Waals surface area contributed by atoms with Crippen molar-refractivity contribution in [3.8, 4) is 0 Å². The smallest absolute Gasteiger partial charge is 0.355 e. The van der Waals surface area contributed by atoms with Crippen LogP contribution in [0.5, 0.6) is 0 Å². The quantitative estimate of drug-likeness (QED) is 0.460. The van der Waals surface area contributed by atoms with Crippen LogP contribution >= 0.6 is 0 Å². The first kappa shape index (κ1) is 22.9. The molecule has 0 radical (unpaired) electrons. The molecule has 0 saturated heterocycles. The number of nitrogens with zero attached hydrogens (tertiary/aromatic N) is 4. The molecular weight excluding hydrogens is 376 g/mol. The maximum atomic E-state index is 11.8. The predicted octanol–water partition coefficient (Wildman–Crippen LogP) is 4.05. The molecule has 2 N–H and O–H groups in total. The molecule has 0 fully saturated rings. The summed E-state index contributed by atoms with van der Waals surface area (Å²) in [6.07, 6.45) is 3.20. The highest BCUT2D eigenvalue weighted by molar-refractivity contribution is 5.84. The first-order valence-electron chi connectivity index (χ1n) is 10.4. The summed E-state index contributed by atoms with van der Waals surface area (Å²) in [7, 11) is 0. The summed E-state index contributed by atoms with van der Waals surface area (Å²) in [6, 6.07) is 15.6. The van der Waals surface area contributed by atoms with Gasteiger partial charge in [0.15, 0.2) is 0 Å². The summed E-state index contributed by atoms with van der Waals surface area (Å²) in [4.78, 5) is 16.3. The zero-order valence-electron chi connectivity index (χ0n) is 18.3. The zero-order chi connectivity index (χ0) is 21.8. The first-order chi connectivity index (χ1) is 14.6. The number of rotatable bonds is 10. The number of hydrogen-bond acceptors (Lipinski definition) is 5. The Bertz CT molecular complexity index is 752. The topological polar surface area (TPSA) is 72.3 Å². The van der Waals surface area contributed by atoms with Crippen LogP contribution in [0.25, 0.3) is 0 Å². The molecule has 0 unspecified atom stereocenters. The van der Waals surface area contributed by atoms with Crippen molar-refractivity contribution in [1.29, 1.82) is 0 Å². The summed E-state index contributed by atoms with van der Waals surface area (Å²) >= 11 is 0. The maximum absolute atomic E-state index is 11.8. The van der Waals surface area contributed by atoms with E-state index < -0.39 is 6.03 Å². The molecule has 0 aliphatic rings. The van der Waals surface area contributed by atoms with Gasteiger partial charge in [-0.1, -0.05) is 24.3 Å². The molecule has 0 aromatic heterocycles. The van der Waals surface area contributed by atoms with Gasteiger partial charge in [-0.3, -0.25) is 0 Å². The van der Waals surface area contributed by atoms with E-state index in [2.05, 4.69) is 58.5 Å². The van der Waals surface area contributed by atoms with Crippen molar-refractivity contribution in [2.24, 2.45) is 10.2 Å². The minimum Gasteiger partial charge on any atom is -0.372 e. The van der Waals surface area contributed by atoms with Gasteiger partial charge < -0.3 is 9.80 Å². The van der Waals surface area contributed by atoms with Crippen LogP contribution in [0.15, 0.2) is 58.7 Å². The van der Waals surface area contributed by atoms with E-state index in [1.54, 1.807) is 12.4 Å². The molecule has 160 valence electrons. The van der Waals surface area contributed by atoms with Gasteiger partial charge in [0.1, 0.15) is 0 Å². The molecule has 2 amide bonds. The number of benzene rings is 2. The van der Waals surface area contributed by atoms with Gasteiger partial charge in [-0.25, -0.2) is 15.6 Å². The van der Waals surface area contributed by atoms with Gasteiger partial charge >= 0.3 is 6.03 Å². The fourth-order valence-corrected chi connectivity index (χ4v) is 3.08. The Labute approximate surface area is 179 Å². The van der Waals surface area contributed by atoms with Crippen LogP contribution in [0.4, 0.5) is 16.2 Å². The van der Waals surface area contributed by atoms with E-state index in [0.717, 1.165) is 37.3 Å². The molecule has 0 aliphatic carbocycles. The van der Waals surface area contributed by atoms with Crippen molar-refractivity contribution in [1.82, 2.24) is 10.9 Å². The SMILES string of the molecule is CCN(CC)c1ccc(C=NNC(=O)N/N=C/c2ccc(N(CC)CC)cc2)cc1. The van der Waals surface area contributed by atoms with E-state index in [9.17, 15) is 4.79 Å². The maximum Gasteiger partial charge on any atom is 0.355 e. The molecule has 0 heterocycles. The number of carbonyl (C=O) groups excluding carboxylic acids is 1. The Morgan fingerprint density at radius 1 is 0.700 bits per heavy atom. The lowest BCUT2D eigenvalue weighted by Gasteiger charge is -2.20. The van der Waals surface area contributed by atoms with Gasteiger partial charge in [0, 0.05) is 37.6 Å². The Kier molecular flexibility index (Phi) is 9.37. The number of hydrazone groups is 2. The fraction of sp³-hybridized carbons (Fsp3) is 0.348. The molecule has 7 heteroatoms. The van der Waals surface area contributed by atoms with Crippen molar-refractivity contribution in [2.75, 3.05) is 36.0 Å². The summed E-state index contributed by atoms with van der Waals surface area (Å²) < 4.78 is 0. The standard InChI is InChI=1S/C23H32N6O/c1-5-28(6-2)21-13-9-19(10-14-21)17-24-26-23(30)27-25-18-20-11-15-22(16-12-20)29(7-3)8-4/h9-18H,5-8H2,1-4H3,(H2,26,27,30)/b24-17+,25-18?. The predicted molar refractivity (Wildman–Crippen MR) is 127 cm³/mol. The van der Waals surface area contributed by atoms with Crippen LogP contribution in [0, 0.1) is 0 Å². The Balaban J connectivity index is 1.80. The average molecular weight is 409 g/mol. The molecule has 0 aliphatic heterocycles. The molecule has 2 rings (SSSR count). The van der Waals surface area contributed by atoms with Crippen LogP contribution in [-0.4, -0.2) is 44.6 Å². The molecule has 2 aromatic rings. The van der Waals surface area contributed by atoms with E-state index in [4.69, 9.17) is 0 Å². The molecular formula is C23H32N6O. The highest BCUT2D eigenvalue weighted by Gasteiger charge is 2.02. The minimum atomic E-state index is -0.498. The van der Waals surface area contributed by atoms with Crippen molar-refractivity contribution in [3.63, 3.8) is 0 Å². The highest BCUT2D eigenvalue weighted by atomic mass is 16.2. The van der Waals surface area contributed by atoms with E-state index in [0.29, 0.717) is 0 Å². The number of urea groups is 1. The van der Waals surface area contributed by atoms with Crippen LogP contribution in [-0.2, 0) is 0 Å². The van der Waals surface area contributed by atoms with Crippen molar-refractivity contribution in [3.05, 3.63) is 59.7 Å². The lowest BCUT2D eigenvalue weighted by Crippen LogP contribution is -2.28. The molecule has 2 aromatic carbocycles.